The van der Waals surface area contributed by atoms with E-state index in [1.165, 1.54) is 4.31 Å². The van der Waals surface area contributed by atoms with E-state index in [4.69, 9.17) is 4.74 Å². The van der Waals surface area contributed by atoms with Crippen LogP contribution in [0.25, 0.3) is 10.2 Å². The minimum Gasteiger partial charge on any atom is -0.379 e. The lowest BCUT2D eigenvalue weighted by atomic mass is 9.97. The molecule has 1 aromatic heterocycles. The zero-order valence-corrected chi connectivity index (χ0v) is 20.8. The summed E-state index contributed by atoms with van der Waals surface area (Å²) in [7, 11) is -3.68. The van der Waals surface area contributed by atoms with Crippen LogP contribution in [-0.2, 0) is 19.6 Å². The Bertz CT molecular complexity index is 1140. The average molecular weight is 497 g/mol. The van der Waals surface area contributed by atoms with Gasteiger partial charge in [-0.25, -0.2) is 8.42 Å². The molecule has 11 heteroatoms. The van der Waals surface area contributed by atoms with Gasteiger partial charge in [0.05, 0.1) is 28.3 Å². The fraction of sp³-hybridized carbons (Fsp3) is 0.636. The number of nitrogens with zero attached hydrogens (tertiary/aromatic N) is 3. The first kappa shape index (κ1) is 24.3. The van der Waals surface area contributed by atoms with E-state index in [1.54, 1.807) is 22.8 Å². The standard InChI is InChI=1S/C22H32N4O5S2/c1-16(2)26-19-4-3-18(15-20(19)32-22(26)28)33(29,30)25-8-5-17(6-9-25)21(27)23-7-10-24-11-13-31-14-12-24/h3-4,15-17H,5-14H2,1-2H3,(H,23,27). The van der Waals surface area contributed by atoms with Crippen molar-refractivity contribution in [2.45, 2.75) is 37.6 Å². The predicted molar refractivity (Wildman–Crippen MR) is 128 cm³/mol. The third kappa shape index (κ3) is 5.32. The van der Waals surface area contributed by atoms with Crippen molar-refractivity contribution in [1.29, 1.82) is 0 Å². The Balaban J connectivity index is 1.34. The van der Waals surface area contributed by atoms with Gasteiger partial charge in [0.25, 0.3) is 0 Å². The molecule has 0 bridgehead atoms. The van der Waals surface area contributed by atoms with Crippen molar-refractivity contribution >= 4 is 37.5 Å². The molecule has 2 aromatic rings. The predicted octanol–water partition coefficient (Wildman–Crippen LogP) is 1.49. The Kier molecular flexibility index (Phi) is 7.54. The van der Waals surface area contributed by atoms with Gasteiger partial charge in [-0.15, -0.1) is 0 Å². The van der Waals surface area contributed by atoms with E-state index in [-0.39, 0.29) is 27.6 Å². The molecule has 0 atom stereocenters. The monoisotopic (exact) mass is 496 g/mol. The number of aromatic nitrogens is 1. The molecule has 0 aliphatic carbocycles. The molecule has 0 saturated carbocycles. The van der Waals surface area contributed by atoms with Crippen LogP contribution in [0.15, 0.2) is 27.9 Å². The first-order valence-electron chi connectivity index (χ1n) is 11.5. The number of sulfonamides is 1. The Morgan fingerprint density at radius 1 is 1.18 bits per heavy atom. The molecule has 182 valence electrons. The van der Waals surface area contributed by atoms with Crippen LogP contribution in [0.5, 0.6) is 0 Å². The molecule has 2 saturated heterocycles. The lowest BCUT2D eigenvalue weighted by Gasteiger charge is -2.31. The second kappa shape index (κ2) is 10.2. The van der Waals surface area contributed by atoms with E-state index in [0.717, 1.165) is 49.7 Å². The van der Waals surface area contributed by atoms with Crippen LogP contribution in [0.2, 0.25) is 0 Å². The van der Waals surface area contributed by atoms with Crippen molar-refractivity contribution in [2.24, 2.45) is 5.92 Å². The van der Waals surface area contributed by atoms with Crippen molar-refractivity contribution in [2.75, 3.05) is 52.5 Å². The van der Waals surface area contributed by atoms with Crippen LogP contribution >= 0.6 is 11.3 Å². The summed E-state index contributed by atoms with van der Waals surface area (Å²) in [5.74, 6) is -0.171. The van der Waals surface area contributed by atoms with Gasteiger partial charge in [0.1, 0.15) is 0 Å². The number of thiazole rings is 1. The number of benzene rings is 1. The molecule has 0 spiro atoms. The Morgan fingerprint density at radius 3 is 2.55 bits per heavy atom. The van der Waals surface area contributed by atoms with E-state index >= 15 is 0 Å². The highest BCUT2D eigenvalue weighted by Crippen LogP contribution is 2.28. The highest BCUT2D eigenvalue weighted by atomic mass is 32.2. The zero-order chi connectivity index (χ0) is 23.6. The average Bonchev–Trinajstić information content (AvgIpc) is 3.15. The van der Waals surface area contributed by atoms with E-state index in [2.05, 4.69) is 10.2 Å². The molecule has 4 rings (SSSR count). The number of rotatable bonds is 7. The third-order valence-electron chi connectivity index (χ3n) is 6.39. The van der Waals surface area contributed by atoms with Crippen LogP contribution < -0.4 is 10.2 Å². The van der Waals surface area contributed by atoms with Gasteiger partial charge in [-0.2, -0.15) is 4.31 Å². The maximum atomic E-state index is 13.2. The van der Waals surface area contributed by atoms with Crippen LogP contribution in [0.4, 0.5) is 0 Å². The summed E-state index contributed by atoms with van der Waals surface area (Å²) in [6.07, 6.45) is 1.00. The molecule has 2 aliphatic rings. The normalized spacial score (nSPS) is 19.4. The summed E-state index contributed by atoms with van der Waals surface area (Å²) in [6, 6.07) is 4.90. The van der Waals surface area contributed by atoms with E-state index in [9.17, 15) is 18.0 Å². The minimum atomic E-state index is -3.68. The van der Waals surface area contributed by atoms with Crippen LogP contribution in [0.1, 0.15) is 32.7 Å². The number of carbonyl (C=O) groups excluding carboxylic acids is 1. The van der Waals surface area contributed by atoms with Gasteiger partial charge < -0.3 is 10.1 Å². The van der Waals surface area contributed by atoms with Gasteiger partial charge in [-0.05, 0) is 44.9 Å². The quantitative estimate of drug-likeness (QED) is 0.623. The Labute approximate surface area is 198 Å². The summed E-state index contributed by atoms with van der Waals surface area (Å²) in [5.41, 5.74) is 0.756. The van der Waals surface area contributed by atoms with Crippen LogP contribution in [0, 0.1) is 5.92 Å². The SMILES string of the molecule is CC(C)n1c(=O)sc2cc(S(=O)(=O)N3CCC(C(=O)NCCN4CCOCC4)CC3)ccc21. The molecule has 33 heavy (non-hydrogen) atoms. The van der Waals surface area contributed by atoms with Crippen LogP contribution in [0.3, 0.4) is 0 Å². The van der Waals surface area contributed by atoms with Crippen molar-refractivity contribution < 1.29 is 17.9 Å². The van der Waals surface area contributed by atoms with Gasteiger partial charge in [0.2, 0.25) is 15.9 Å². The molecular formula is C22H32N4O5S2. The fourth-order valence-electron chi connectivity index (χ4n) is 4.48. The number of carbonyl (C=O) groups is 1. The molecule has 1 N–H and O–H groups in total. The first-order chi connectivity index (χ1) is 15.8. The Hall–Kier alpha value is -1.79. The number of nitrogens with one attached hydrogen (secondary N) is 1. The molecular weight excluding hydrogens is 464 g/mol. The van der Waals surface area contributed by atoms with E-state index < -0.39 is 10.0 Å². The van der Waals surface area contributed by atoms with E-state index in [1.807, 2.05) is 13.8 Å². The first-order valence-corrected chi connectivity index (χ1v) is 13.8. The molecule has 2 fully saturated rings. The second-order valence-corrected chi connectivity index (χ2v) is 11.8. The van der Waals surface area contributed by atoms with Gasteiger partial charge in [0, 0.05) is 51.2 Å². The number of ether oxygens (including phenoxy) is 1. The molecule has 3 heterocycles. The lowest BCUT2D eigenvalue weighted by Crippen LogP contribution is -2.45. The maximum Gasteiger partial charge on any atom is 0.308 e. The number of morpholine rings is 1. The summed E-state index contributed by atoms with van der Waals surface area (Å²) < 4.78 is 35.6. The number of hydrogen-bond acceptors (Lipinski definition) is 7. The topological polar surface area (TPSA) is 101 Å². The molecule has 1 aromatic carbocycles. The third-order valence-corrected chi connectivity index (χ3v) is 9.21. The number of hydrogen-bond donors (Lipinski definition) is 1. The summed E-state index contributed by atoms with van der Waals surface area (Å²) in [4.78, 5) is 27.2. The zero-order valence-electron chi connectivity index (χ0n) is 19.2. The summed E-state index contributed by atoms with van der Waals surface area (Å²) in [5, 5.41) is 3.00. The smallest absolute Gasteiger partial charge is 0.308 e. The van der Waals surface area contributed by atoms with E-state index in [0.29, 0.717) is 37.2 Å². The minimum absolute atomic E-state index is 0.00141. The maximum absolute atomic E-state index is 13.2. The van der Waals surface area contributed by atoms with Gasteiger partial charge in [0.15, 0.2) is 0 Å². The summed E-state index contributed by atoms with van der Waals surface area (Å²) in [6.45, 7) is 9.12. The van der Waals surface area contributed by atoms with Gasteiger partial charge in [-0.1, -0.05) is 11.3 Å². The molecule has 1 amide bonds. The van der Waals surface area contributed by atoms with Crippen molar-refractivity contribution in [3.8, 4) is 0 Å². The molecule has 9 nitrogen and oxygen atoms in total. The van der Waals surface area contributed by atoms with Gasteiger partial charge >= 0.3 is 4.87 Å². The Morgan fingerprint density at radius 2 is 1.88 bits per heavy atom. The number of piperidine rings is 1. The van der Waals surface area contributed by atoms with Crippen molar-refractivity contribution in [3.63, 3.8) is 0 Å². The lowest BCUT2D eigenvalue weighted by molar-refractivity contribution is -0.126. The fourth-order valence-corrected chi connectivity index (χ4v) is 7.10. The van der Waals surface area contributed by atoms with Crippen molar-refractivity contribution in [3.05, 3.63) is 27.9 Å². The van der Waals surface area contributed by atoms with Crippen molar-refractivity contribution in [1.82, 2.24) is 19.1 Å². The molecule has 0 unspecified atom stereocenters. The number of amides is 1. The summed E-state index contributed by atoms with van der Waals surface area (Å²) >= 11 is 1.07. The molecule has 2 aliphatic heterocycles. The van der Waals surface area contributed by atoms with Crippen LogP contribution in [-0.4, -0.2) is 80.6 Å². The van der Waals surface area contributed by atoms with Gasteiger partial charge in [-0.3, -0.25) is 19.1 Å². The number of fused-ring (bicyclic) bond motifs is 1. The second-order valence-electron chi connectivity index (χ2n) is 8.88. The largest absolute Gasteiger partial charge is 0.379 e. The highest BCUT2D eigenvalue weighted by Gasteiger charge is 2.32. The molecule has 0 radical (unpaired) electrons. The highest BCUT2D eigenvalue weighted by molar-refractivity contribution is 7.89.